The Morgan fingerprint density at radius 3 is 2.55 bits per heavy atom. The second kappa shape index (κ2) is 12.7. The van der Waals surface area contributed by atoms with E-state index in [4.69, 9.17) is 23.2 Å². The van der Waals surface area contributed by atoms with E-state index in [9.17, 15) is 4.79 Å². The number of aromatic nitrogens is 1. The number of halogens is 2. The SMILES string of the molecule is O=C(/C=C/c1ccc(Cl)c(Cl)c1)NCCC(CN1CCC(c2c[nH]c3ccccc23)CC1)c1ccccc1. The molecule has 1 amide bonds. The summed E-state index contributed by atoms with van der Waals surface area (Å²) in [6.07, 6.45) is 8.73. The zero-order valence-electron chi connectivity index (χ0n) is 21.4. The lowest BCUT2D eigenvalue weighted by molar-refractivity contribution is -0.116. The van der Waals surface area contributed by atoms with E-state index in [1.807, 2.05) is 6.07 Å². The van der Waals surface area contributed by atoms with Gasteiger partial charge in [0.05, 0.1) is 10.0 Å². The standard InChI is InChI=1S/C32H33Cl2N3O/c33-29-12-10-23(20-30(29)34)11-13-32(38)35-17-14-26(24-6-2-1-3-7-24)22-37-18-15-25(16-19-37)28-21-36-31-9-5-4-8-27(28)31/h1-13,20-21,25-26,36H,14-19,22H2,(H,35,38)/b13-11+. The van der Waals surface area contributed by atoms with Crippen LogP contribution in [0.2, 0.25) is 10.0 Å². The van der Waals surface area contributed by atoms with Crippen molar-refractivity contribution < 1.29 is 4.79 Å². The fraction of sp³-hybridized carbons (Fsp3) is 0.281. The summed E-state index contributed by atoms with van der Waals surface area (Å²) in [5, 5.41) is 5.39. The summed E-state index contributed by atoms with van der Waals surface area (Å²) in [7, 11) is 0. The molecule has 0 bridgehead atoms. The predicted molar refractivity (Wildman–Crippen MR) is 159 cm³/mol. The van der Waals surface area contributed by atoms with E-state index in [2.05, 4.69) is 76.0 Å². The Bertz CT molecular complexity index is 1390. The number of fused-ring (bicyclic) bond motifs is 1. The maximum atomic E-state index is 12.4. The molecule has 1 aliphatic heterocycles. The van der Waals surface area contributed by atoms with Gasteiger partial charge < -0.3 is 15.2 Å². The highest BCUT2D eigenvalue weighted by Crippen LogP contribution is 2.34. The Morgan fingerprint density at radius 2 is 1.76 bits per heavy atom. The van der Waals surface area contributed by atoms with Crippen LogP contribution in [0.4, 0.5) is 0 Å². The maximum Gasteiger partial charge on any atom is 0.243 e. The molecular weight excluding hydrogens is 513 g/mol. The second-order valence-electron chi connectivity index (χ2n) is 10.1. The smallest absolute Gasteiger partial charge is 0.243 e. The molecule has 1 unspecified atom stereocenters. The van der Waals surface area contributed by atoms with Gasteiger partial charge in [0.25, 0.3) is 0 Å². The predicted octanol–water partition coefficient (Wildman–Crippen LogP) is 7.66. The third-order valence-electron chi connectivity index (χ3n) is 7.56. The van der Waals surface area contributed by atoms with Gasteiger partial charge in [-0.3, -0.25) is 4.79 Å². The number of nitrogens with zero attached hydrogens (tertiary/aromatic N) is 1. The summed E-state index contributed by atoms with van der Waals surface area (Å²) in [4.78, 5) is 18.5. The Balaban J connectivity index is 1.15. The van der Waals surface area contributed by atoms with Crippen LogP contribution in [-0.4, -0.2) is 42.0 Å². The molecule has 1 aliphatic rings. The fourth-order valence-corrected chi connectivity index (χ4v) is 5.78. The van der Waals surface area contributed by atoms with Gasteiger partial charge in [0.1, 0.15) is 0 Å². The zero-order chi connectivity index (χ0) is 26.3. The molecule has 4 aromatic rings. The first-order valence-electron chi connectivity index (χ1n) is 13.3. The number of likely N-dealkylation sites (tertiary alicyclic amines) is 1. The van der Waals surface area contributed by atoms with E-state index >= 15 is 0 Å². The van der Waals surface area contributed by atoms with E-state index in [1.165, 1.54) is 34.9 Å². The molecule has 0 aliphatic carbocycles. The zero-order valence-corrected chi connectivity index (χ0v) is 22.9. The average Bonchev–Trinajstić information content (AvgIpc) is 3.38. The third kappa shape index (κ3) is 6.68. The Morgan fingerprint density at radius 1 is 1.00 bits per heavy atom. The first-order chi connectivity index (χ1) is 18.6. The van der Waals surface area contributed by atoms with Gasteiger partial charge in [0.15, 0.2) is 0 Å². The summed E-state index contributed by atoms with van der Waals surface area (Å²) < 4.78 is 0. The molecule has 1 fully saturated rings. The molecule has 0 radical (unpaired) electrons. The summed E-state index contributed by atoms with van der Waals surface area (Å²) in [5.74, 6) is 0.849. The molecule has 1 atom stereocenters. The molecule has 0 saturated carbocycles. The number of rotatable bonds is 9. The molecular formula is C32H33Cl2N3O. The van der Waals surface area contributed by atoms with Crippen molar-refractivity contribution in [3.63, 3.8) is 0 Å². The molecule has 38 heavy (non-hydrogen) atoms. The number of amides is 1. The van der Waals surface area contributed by atoms with E-state index in [-0.39, 0.29) is 5.91 Å². The molecule has 3 aromatic carbocycles. The number of hydrogen-bond acceptors (Lipinski definition) is 2. The summed E-state index contributed by atoms with van der Waals surface area (Å²) in [6.45, 7) is 3.80. The molecule has 2 N–H and O–H groups in total. The largest absolute Gasteiger partial charge is 0.361 e. The number of carbonyl (C=O) groups excluding carboxylic acids is 1. The van der Waals surface area contributed by atoms with Crippen LogP contribution in [-0.2, 0) is 4.79 Å². The van der Waals surface area contributed by atoms with E-state index < -0.39 is 0 Å². The van der Waals surface area contributed by atoms with Crippen molar-refractivity contribution in [2.24, 2.45) is 0 Å². The quantitative estimate of drug-likeness (QED) is 0.212. The molecule has 1 saturated heterocycles. The van der Waals surface area contributed by atoms with Gasteiger partial charge in [-0.05, 0) is 85.2 Å². The number of piperidine rings is 1. The Kier molecular flexibility index (Phi) is 8.85. The van der Waals surface area contributed by atoms with Crippen LogP contribution in [0.1, 0.15) is 47.8 Å². The molecule has 1 aromatic heterocycles. The third-order valence-corrected chi connectivity index (χ3v) is 8.30. The van der Waals surface area contributed by atoms with Gasteiger partial charge >= 0.3 is 0 Å². The van der Waals surface area contributed by atoms with E-state index in [0.29, 0.717) is 28.4 Å². The topological polar surface area (TPSA) is 48.1 Å². The van der Waals surface area contributed by atoms with Crippen LogP contribution in [0.3, 0.4) is 0 Å². The van der Waals surface area contributed by atoms with Crippen molar-refractivity contribution in [1.82, 2.24) is 15.2 Å². The van der Waals surface area contributed by atoms with Gasteiger partial charge in [0.2, 0.25) is 5.91 Å². The van der Waals surface area contributed by atoms with Crippen LogP contribution in [0.25, 0.3) is 17.0 Å². The second-order valence-corrected chi connectivity index (χ2v) is 10.9. The Labute approximate surface area is 234 Å². The molecule has 6 heteroatoms. The monoisotopic (exact) mass is 545 g/mol. The summed E-state index contributed by atoms with van der Waals surface area (Å²) in [5.41, 5.74) is 4.85. The first kappa shape index (κ1) is 26.6. The molecule has 0 spiro atoms. The van der Waals surface area contributed by atoms with E-state index in [1.54, 1.807) is 24.3 Å². The number of aromatic amines is 1. The highest BCUT2D eigenvalue weighted by Gasteiger charge is 2.25. The van der Waals surface area contributed by atoms with Gasteiger partial charge in [0, 0.05) is 36.3 Å². The van der Waals surface area contributed by atoms with Crippen LogP contribution >= 0.6 is 23.2 Å². The van der Waals surface area contributed by atoms with Crippen molar-refractivity contribution in [2.75, 3.05) is 26.2 Å². The molecule has 5 rings (SSSR count). The van der Waals surface area contributed by atoms with Crippen LogP contribution in [0.5, 0.6) is 0 Å². The molecule has 196 valence electrons. The minimum atomic E-state index is -0.109. The van der Waals surface area contributed by atoms with Gasteiger partial charge in [-0.25, -0.2) is 0 Å². The first-order valence-corrected chi connectivity index (χ1v) is 14.1. The number of carbonyl (C=O) groups is 1. The van der Waals surface area contributed by atoms with Crippen molar-refractivity contribution >= 4 is 46.1 Å². The Hall–Kier alpha value is -3.05. The summed E-state index contributed by atoms with van der Waals surface area (Å²) in [6, 6.07) is 24.6. The van der Waals surface area contributed by atoms with Gasteiger partial charge in [-0.15, -0.1) is 0 Å². The summed E-state index contributed by atoms with van der Waals surface area (Å²) >= 11 is 12.0. The number of benzene rings is 3. The molecule has 4 nitrogen and oxygen atoms in total. The van der Waals surface area contributed by atoms with Crippen molar-refractivity contribution in [2.45, 2.75) is 31.1 Å². The van der Waals surface area contributed by atoms with Crippen LogP contribution < -0.4 is 5.32 Å². The van der Waals surface area contributed by atoms with Gasteiger partial charge in [-0.2, -0.15) is 0 Å². The maximum absolute atomic E-state index is 12.4. The highest BCUT2D eigenvalue weighted by atomic mass is 35.5. The van der Waals surface area contributed by atoms with Crippen LogP contribution in [0, 0.1) is 0 Å². The van der Waals surface area contributed by atoms with Crippen LogP contribution in [0.15, 0.2) is 85.1 Å². The normalized spacial score (nSPS) is 15.7. The number of nitrogens with one attached hydrogen (secondary N) is 2. The number of H-pyrrole nitrogens is 1. The van der Waals surface area contributed by atoms with Gasteiger partial charge in [-0.1, -0.05) is 77.8 Å². The lowest BCUT2D eigenvalue weighted by atomic mass is 9.88. The molecule has 2 heterocycles. The minimum Gasteiger partial charge on any atom is -0.361 e. The number of para-hydroxylation sites is 1. The lowest BCUT2D eigenvalue weighted by Gasteiger charge is -2.34. The van der Waals surface area contributed by atoms with Crippen molar-refractivity contribution in [3.8, 4) is 0 Å². The van der Waals surface area contributed by atoms with E-state index in [0.717, 1.165) is 31.6 Å². The fourth-order valence-electron chi connectivity index (χ4n) is 5.47. The minimum absolute atomic E-state index is 0.109. The van der Waals surface area contributed by atoms with Crippen molar-refractivity contribution in [1.29, 1.82) is 0 Å². The lowest BCUT2D eigenvalue weighted by Crippen LogP contribution is -2.36. The van der Waals surface area contributed by atoms with Crippen molar-refractivity contribution in [3.05, 3.63) is 112 Å². The average molecular weight is 547 g/mol. The number of hydrogen-bond donors (Lipinski definition) is 2. The highest BCUT2D eigenvalue weighted by molar-refractivity contribution is 6.42.